The molecule has 1 aromatic carbocycles. The van der Waals surface area contributed by atoms with E-state index >= 15 is 0 Å². The number of methoxy groups -OCH3 is 1. The predicted octanol–water partition coefficient (Wildman–Crippen LogP) is 2.72. The van der Waals surface area contributed by atoms with E-state index in [9.17, 15) is 8.78 Å². The molecule has 0 saturated carbocycles. The highest BCUT2D eigenvalue weighted by Gasteiger charge is 2.25. The number of ether oxygens (including phenoxy) is 1. The van der Waals surface area contributed by atoms with Gasteiger partial charge in [0.1, 0.15) is 5.75 Å². The lowest BCUT2D eigenvalue weighted by molar-refractivity contribution is 0.0739. The van der Waals surface area contributed by atoms with Gasteiger partial charge in [0.05, 0.1) is 7.11 Å². The molecule has 1 aliphatic heterocycles. The average molecular weight is 307 g/mol. The molecule has 20 heavy (non-hydrogen) atoms. The highest BCUT2D eigenvalue weighted by atomic mass is 35.5. The van der Waals surface area contributed by atoms with Crippen molar-refractivity contribution in [3.05, 3.63) is 29.8 Å². The molecule has 1 atom stereocenters. The van der Waals surface area contributed by atoms with Crippen molar-refractivity contribution in [1.29, 1.82) is 0 Å². The molecule has 0 bridgehead atoms. The van der Waals surface area contributed by atoms with E-state index in [1.807, 2.05) is 24.3 Å². The van der Waals surface area contributed by atoms with Crippen LogP contribution in [0.2, 0.25) is 0 Å². The van der Waals surface area contributed by atoms with Gasteiger partial charge in [-0.25, -0.2) is 8.78 Å². The van der Waals surface area contributed by atoms with Crippen LogP contribution in [0.5, 0.6) is 5.75 Å². The Bertz CT molecular complexity index is 383. The number of benzene rings is 1. The van der Waals surface area contributed by atoms with Gasteiger partial charge in [-0.2, -0.15) is 0 Å². The van der Waals surface area contributed by atoms with E-state index in [0.717, 1.165) is 37.5 Å². The highest BCUT2D eigenvalue weighted by molar-refractivity contribution is 5.85. The van der Waals surface area contributed by atoms with E-state index in [1.165, 1.54) is 0 Å². The van der Waals surface area contributed by atoms with Crippen LogP contribution in [-0.2, 0) is 0 Å². The summed E-state index contributed by atoms with van der Waals surface area (Å²) in [7, 11) is 1.60. The fourth-order valence-electron chi connectivity index (χ4n) is 2.48. The maximum atomic E-state index is 12.8. The first-order chi connectivity index (χ1) is 9.20. The van der Waals surface area contributed by atoms with Crippen LogP contribution in [0.15, 0.2) is 24.3 Å². The number of halogens is 3. The Kier molecular flexibility index (Phi) is 7.19. The van der Waals surface area contributed by atoms with Crippen LogP contribution in [0.1, 0.15) is 18.0 Å². The molecule has 0 spiro atoms. The number of hydrogen-bond acceptors (Lipinski definition) is 3. The summed E-state index contributed by atoms with van der Waals surface area (Å²) >= 11 is 0. The predicted molar refractivity (Wildman–Crippen MR) is 78.0 cm³/mol. The zero-order valence-electron chi connectivity index (χ0n) is 11.5. The van der Waals surface area contributed by atoms with Crippen molar-refractivity contribution in [3.8, 4) is 5.75 Å². The number of nitrogens with one attached hydrogen (secondary N) is 1. The molecule has 1 fully saturated rings. The van der Waals surface area contributed by atoms with Gasteiger partial charge in [-0.3, -0.25) is 4.90 Å². The van der Waals surface area contributed by atoms with Crippen LogP contribution in [0.3, 0.4) is 0 Å². The first kappa shape index (κ1) is 17.1. The van der Waals surface area contributed by atoms with E-state index in [-0.39, 0.29) is 24.9 Å². The third-order valence-corrected chi connectivity index (χ3v) is 3.49. The van der Waals surface area contributed by atoms with Gasteiger partial charge in [-0.05, 0) is 17.7 Å². The second-order valence-electron chi connectivity index (χ2n) is 4.70. The normalized spacial score (nSPS) is 17.6. The van der Waals surface area contributed by atoms with Crippen molar-refractivity contribution in [3.63, 3.8) is 0 Å². The Morgan fingerprint density at radius 3 is 2.30 bits per heavy atom. The van der Waals surface area contributed by atoms with Crippen molar-refractivity contribution in [2.45, 2.75) is 18.9 Å². The highest BCUT2D eigenvalue weighted by Crippen LogP contribution is 2.28. The monoisotopic (exact) mass is 306 g/mol. The smallest absolute Gasteiger partial charge is 0.240 e. The van der Waals surface area contributed by atoms with Crippen molar-refractivity contribution >= 4 is 12.4 Å². The summed E-state index contributed by atoms with van der Waals surface area (Å²) in [5.74, 6) is 0.750. The fraction of sp³-hybridized carbons (Fsp3) is 0.571. The average Bonchev–Trinajstić information content (AvgIpc) is 2.46. The topological polar surface area (TPSA) is 24.5 Å². The van der Waals surface area contributed by atoms with Crippen molar-refractivity contribution < 1.29 is 13.5 Å². The molecule has 114 valence electrons. The lowest BCUT2D eigenvalue weighted by atomic mass is 10.0. The SMILES string of the molecule is COc1ccc([C@H](CC(F)F)N2CCNCC2)cc1.Cl. The summed E-state index contributed by atoms with van der Waals surface area (Å²) in [5.41, 5.74) is 0.933. The van der Waals surface area contributed by atoms with Crippen LogP contribution in [-0.4, -0.2) is 44.6 Å². The number of nitrogens with zero attached hydrogens (tertiary/aromatic N) is 1. The minimum Gasteiger partial charge on any atom is -0.497 e. The third kappa shape index (κ3) is 4.58. The quantitative estimate of drug-likeness (QED) is 0.905. The number of alkyl halides is 2. The van der Waals surface area contributed by atoms with Gasteiger partial charge in [0.2, 0.25) is 6.43 Å². The maximum Gasteiger partial charge on any atom is 0.240 e. The van der Waals surface area contributed by atoms with Crippen LogP contribution in [0, 0.1) is 0 Å². The largest absolute Gasteiger partial charge is 0.497 e. The molecular formula is C14H21ClF2N2O. The van der Waals surface area contributed by atoms with Gasteiger partial charge < -0.3 is 10.1 Å². The number of piperazine rings is 1. The first-order valence-corrected chi connectivity index (χ1v) is 6.57. The Labute approximate surface area is 124 Å². The van der Waals surface area contributed by atoms with Crippen LogP contribution >= 0.6 is 12.4 Å². The van der Waals surface area contributed by atoms with Gasteiger partial charge in [0.25, 0.3) is 0 Å². The van der Waals surface area contributed by atoms with Gasteiger partial charge >= 0.3 is 0 Å². The van der Waals surface area contributed by atoms with Gasteiger partial charge in [0, 0.05) is 38.6 Å². The molecule has 0 unspecified atom stereocenters. The van der Waals surface area contributed by atoms with Crippen molar-refractivity contribution in [1.82, 2.24) is 10.2 Å². The van der Waals surface area contributed by atoms with E-state index in [4.69, 9.17) is 4.74 Å². The van der Waals surface area contributed by atoms with E-state index in [2.05, 4.69) is 10.2 Å². The summed E-state index contributed by atoms with van der Waals surface area (Å²) in [6.45, 7) is 3.33. The molecule has 1 heterocycles. The summed E-state index contributed by atoms with van der Waals surface area (Å²) < 4.78 is 30.7. The minimum atomic E-state index is -2.29. The molecule has 1 aliphatic rings. The summed E-state index contributed by atoms with van der Waals surface area (Å²) in [5, 5.41) is 3.24. The summed E-state index contributed by atoms with van der Waals surface area (Å²) in [6, 6.07) is 7.21. The Morgan fingerprint density at radius 2 is 1.80 bits per heavy atom. The van der Waals surface area contributed by atoms with E-state index < -0.39 is 6.43 Å². The lowest BCUT2D eigenvalue weighted by Gasteiger charge is -2.35. The fourth-order valence-corrected chi connectivity index (χ4v) is 2.48. The molecule has 0 aromatic heterocycles. The van der Waals surface area contributed by atoms with Gasteiger partial charge in [0.15, 0.2) is 0 Å². The molecule has 1 aromatic rings. The van der Waals surface area contributed by atoms with Crippen molar-refractivity contribution in [2.75, 3.05) is 33.3 Å². The zero-order valence-corrected chi connectivity index (χ0v) is 12.3. The second kappa shape index (κ2) is 8.39. The van der Waals surface area contributed by atoms with Crippen LogP contribution in [0.25, 0.3) is 0 Å². The standard InChI is InChI=1S/C14H20F2N2O.ClH/c1-19-12-4-2-11(3-5-12)13(10-14(15)16)18-8-6-17-7-9-18;/h2-5,13-14,17H,6-10H2,1H3;1H/t13-;/m0./s1. The first-order valence-electron chi connectivity index (χ1n) is 6.57. The Hall–Kier alpha value is -0.910. The number of rotatable bonds is 5. The molecule has 2 rings (SSSR count). The molecule has 0 aliphatic carbocycles. The molecular weight excluding hydrogens is 286 g/mol. The molecule has 6 heteroatoms. The Morgan fingerprint density at radius 1 is 1.20 bits per heavy atom. The number of hydrogen-bond donors (Lipinski definition) is 1. The minimum absolute atomic E-state index is 0. The molecule has 1 N–H and O–H groups in total. The second-order valence-corrected chi connectivity index (χ2v) is 4.70. The van der Waals surface area contributed by atoms with Crippen LogP contribution < -0.4 is 10.1 Å². The third-order valence-electron chi connectivity index (χ3n) is 3.49. The molecule has 1 saturated heterocycles. The van der Waals surface area contributed by atoms with Crippen molar-refractivity contribution in [2.24, 2.45) is 0 Å². The van der Waals surface area contributed by atoms with Gasteiger partial charge in [-0.15, -0.1) is 12.4 Å². The van der Waals surface area contributed by atoms with E-state index in [1.54, 1.807) is 7.11 Å². The summed E-state index contributed by atoms with van der Waals surface area (Å²) in [6.07, 6.45) is -2.41. The van der Waals surface area contributed by atoms with Gasteiger partial charge in [-0.1, -0.05) is 12.1 Å². The lowest BCUT2D eigenvalue weighted by Crippen LogP contribution is -2.45. The summed E-state index contributed by atoms with van der Waals surface area (Å²) in [4.78, 5) is 2.13. The molecule has 0 amide bonds. The zero-order chi connectivity index (χ0) is 13.7. The molecule has 0 radical (unpaired) electrons. The molecule has 3 nitrogen and oxygen atoms in total. The van der Waals surface area contributed by atoms with Crippen LogP contribution in [0.4, 0.5) is 8.78 Å². The van der Waals surface area contributed by atoms with E-state index in [0.29, 0.717) is 0 Å². The Balaban J connectivity index is 0.00000200. The maximum absolute atomic E-state index is 12.8.